The van der Waals surface area contributed by atoms with Gasteiger partial charge in [-0.05, 0) is 94.0 Å². The fourth-order valence-electron chi connectivity index (χ4n) is 7.34. The second kappa shape index (κ2) is 14.4. The molecule has 3 fully saturated rings. The number of carbonyl (C=O) groups excluding carboxylic acids is 4. The number of nitrogens with zero attached hydrogens (tertiary/aromatic N) is 2. The second-order valence-corrected chi connectivity index (χ2v) is 19.2. The van der Waals surface area contributed by atoms with Gasteiger partial charge in [0, 0.05) is 22.2 Å². The summed E-state index contributed by atoms with van der Waals surface area (Å²) in [5, 5.41) is 5.69. The predicted octanol–water partition coefficient (Wildman–Crippen LogP) is 5.04. The van der Waals surface area contributed by atoms with Crippen LogP contribution in [-0.4, -0.2) is 77.6 Å². The van der Waals surface area contributed by atoms with Gasteiger partial charge < -0.3 is 20.3 Å². The van der Waals surface area contributed by atoms with E-state index in [1.54, 1.807) is 4.90 Å². The highest BCUT2D eigenvalue weighted by Gasteiger charge is 2.62. The van der Waals surface area contributed by atoms with Crippen molar-refractivity contribution in [3.05, 3.63) is 62.7 Å². The van der Waals surface area contributed by atoms with Crippen LogP contribution in [0.2, 0.25) is 0 Å². The summed E-state index contributed by atoms with van der Waals surface area (Å²) in [6, 6.07) is 12.1. The predicted molar refractivity (Wildman–Crippen MR) is 206 cm³/mol. The first-order chi connectivity index (χ1) is 24.4. The number of likely N-dealkylation sites (tertiary alicyclic amines) is 1. The van der Waals surface area contributed by atoms with E-state index in [2.05, 4.69) is 58.7 Å². The Morgan fingerprint density at radius 2 is 1.77 bits per heavy atom. The number of amides is 4. The molecule has 2 heterocycles. The Morgan fingerprint density at radius 3 is 2.38 bits per heavy atom. The summed E-state index contributed by atoms with van der Waals surface area (Å²) in [7, 11) is -3.84. The van der Waals surface area contributed by atoms with Gasteiger partial charge in [-0.3, -0.25) is 24.0 Å². The third kappa shape index (κ3) is 7.92. The van der Waals surface area contributed by atoms with Crippen molar-refractivity contribution in [2.45, 2.75) is 121 Å². The number of halogens is 1. The normalized spacial score (nSPS) is 24.7. The fraction of sp³-hybridized carbons (Fsp3) is 0.579. The van der Waals surface area contributed by atoms with Crippen LogP contribution in [0.5, 0.6) is 0 Å². The number of anilines is 1. The molecule has 0 aromatic heterocycles. The van der Waals surface area contributed by atoms with Gasteiger partial charge in [0.2, 0.25) is 21.8 Å². The first kappa shape index (κ1) is 38.3. The minimum Gasteiger partial charge on any atom is -0.444 e. The number of carbonyl (C=O) groups is 4. The zero-order chi connectivity index (χ0) is 37.7. The van der Waals surface area contributed by atoms with Crippen molar-refractivity contribution in [1.29, 1.82) is 0 Å². The monoisotopic (exact) mass is 847 g/mol. The van der Waals surface area contributed by atoms with Crippen molar-refractivity contribution < 1.29 is 32.3 Å². The number of benzene rings is 2. The van der Waals surface area contributed by atoms with Gasteiger partial charge in [0.25, 0.3) is 5.91 Å². The fourth-order valence-corrected chi connectivity index (χ4v) is 9.43. The molecule has 0 radical (unpaired) electrons. The Labute approximate surface area is 320 Å². The van der Waals surface area contributed by atoms with Crippen LogP contribution >= 0.6 is 22.6 Å². The lowest BCUT2D eigenvalue weighted by Crippen LogP contribution is -2.58. The molecule has 2 saturated carbocycles. The molecule has 1 saturated heterocycles. The summed E-state index contributed by atoms with van der Waals surface area (Å²) in [5.74, 6) is -2.11. The molecule has 2 aromatic carbocycles. The third-order valence-corrected chi connectivity index (χ3v) is 13.7. The zero-order valence-electron chi connectivity index (χ0n) is 30.7. The average molecular weight is 848 g/mol. The van der Waals surface area contributed by atoms with Gasteiger partial charge in [-0.25, -0.2) is 13.2 Å². The first-order valence-electron chi connectivity index (χ1n) is 18.2. The molecular weight excluding hydrogens is 797 g/mol. The summed E-state index contributed by atoms with van der Waals surface area (Å²) >= 11 is 2.26. The Bertz CT molecular complexity index is 1860. The zero-order valence-corrected chi connectivity index (χ0v) is 33.7. The highest BCUT2D eigenvalue weighted by Crippen LogP contribution is 2.47. The molecule has 52 heavy (non-hydrogen) atoms. The van der Waals surface area contributed by atoms with Gasteiger partial charge in [0.05, 0.1) is 18.3 Å². The summed E-state index contributed by atoms with van der Waals surface area (Å²) in [5.41, 5.74) is 2.47. The number of hydrogen-bond donors (Lipinski definition) is 3. The lowest BCUT2D eigenvalue weighted by Gasteiger charge is -2.32. The van der Waals surface area contributed by atoms with Crippen LogP contribution in [0.4, 0.5) is 10.5 Å². The molecule has 0 spiro atoms. The third-order valence-electron chi connectivity index (χ3n) is 10.8. The number of nitrogens with one attached hydrogen (secondary N) is 3. The van der Waals surface area contributed by atoms with Gasteiger partial charge in [0.15, 0.2) is 0 Å². The van der Waals surface area contributed by atoms with Gasteiger partial charge >= 0.3 is 6.09 Å². The van der Waals surface area contributed by atoms with Crippen LogP contribution in [0.3, 0.4) is 0 Å². The van der Waals surface area contributed by atoms with E-state index in [0.29, 0.717) is 32.4 Å². The van der Waals surface area contributed by atoms with E-state index < -0.39 is 56.9 Å². The Balaban J connectivity index is 1.24. The maximum Gasteiger partial charge on any atom is 0.410 e. The molecule has 6 rings (SSSR count). The molecule has 2 aromatic rings. The Kier molecular flexibility index (Phi) is 10.6. The van der Waals surface area contributed by atoms with Crippen molar-refractivity contribution in [2.75, 3.05) is 11.9 Å². The number of rotatable bonds is 11. The van der Waals surface area contributed by atoms with Gasteiger partial charge in [-0.1, -0.05) is 72.2 Å². The summed E-state index contributed by atoms with van der Waals surface area (Å²) in [6.45, 7) is 12.9. The van der Waals surface area contributed by atoms with Crippen LogP contribution in [0.15, 0.2) is 42.5 Å². The van der Waals surface area contributed by atoms with Crippen molar-refractivity contribution in [3.8, 4) is 0 Å². The van der Waals surface area contributed by atoms with E-state index in [-0.39, 0.29) is 42.5 Å². The van der Waals surface area contributed by atoms with Crippen LogP contribution in [0.25, 0.3) is 0 Å². The molecule has 14 heteroatoms. The van der Waals surface area contributed by atoms with E-state index >= 15 is 0 Å². The molecule has 12 nitrogen and oxygen atoms in total. The number of ether oxygens (including phenoxy) is 1. The number of fused-ring (bicyclic) bond motifs is 1. The molecule has 0 bridgehead atoms. The quantitative estimate of drug-likeness (QED) is 0.266. The SMILES string of the molecule is CC[C@@H]1C[C@]1(NC(=O)[C@@H]1C[C@@H](OC(=O)N2Cc3cccc(I)c3C2)CN1C(=O)[C@@H](Nc1cccc(C(C)(C)C)c1)C(C)C)C(=O)NS(=O)(=O)C1CC1. The van der Waals surface area contributed by atoms with E-state index in [1.165, 1.54) is 4.90 Å². The topological polar surface area (TPSA) is 154 Å². The smallest absolute Gasteiger partial charge is 0.410 e. The Hall–Kier alpha value is -3.40. The summed E-state index contributed by atoms with van der Waals surface area (Å²) < 4.78 is 34.7. The van der Waals surface area contributed by atoms with E-state index in [4.69, 9.17) is 4.74 Å². The van der Waals surface area contributed by atoms with Gasteiger partial charge in [0.1, 0.15) is 23.7 Å². The molecule has 2 aliphatic heterocycles. The molecule has 2 aliphatic carbocycles. The Morgan fingerprint density at radius 1 is 1.06 bits per heavy atom. The molecule has 0 unspecified atom stereocenters. The average Bonchev–Trinajstić information content (AvgIpc) is 3.97. The van der Waals surface area contributed by atoms with E-state index in [0.717, 1.165) is 25.9 Å². The molecule has 5 atom stereocenters. The minimum absolute atomic E-state index is 0.0135. The van der Waals surface area contributed by atoms with Gasteiger partial charge in [-0.15, -0.1) is 0 Å². The van der Waals surface area contributed by atoms with Crippen LogP contribution in [0, 0.1) is 15.4 Å². The first-order valence-corrected chi connectivity index (χ1v) is 20.8. The van der Waals surface area contributed by atoms with Crippen molar-refractivity contribution in [1.82, 2.24) is 19.8 Å². The van der Waals surface area contributed by atoms with Crippen LogP contribution in [-0.2, 0) is 47.6 Å². The molecule has 282 valence electrons. The van der Waals surface area contributed by atoms with Crippen molar-refractivity contribution in [2.24, 2.45) is 11.8 Å². The van der Waals surface area contributed by atoms with E-state index in [9.17, 15) is 27.6 Å². The van der Waals surface area contributed by atoms with Crippen molar-refractivity contribution in [3.63, 3.8) is 0 Å². The molecule has 3 N–H and O–H groups in total. The maximum absolute atomic E-state index is 14.5. The largest absolute Gasteiger partial charge is 0.444 e. The lowest BCUT2D eigenvalue weighted by molar-refractivity contribution is -0.140. The van der Waals surface area contributed by atoms with Crippen LogP contribution < -0.4 is 15.4 Å². The standard InChI is InChI=1S/C38H50IN5O7S/c1-7-24-18-38(24,35(47)42-52(49,50)28-14-15-28)41-33(45)31-17-27(51-36(48)43-19-23-10-8-13-30(39)29(23)21-43)20-44(31)34(46)32(22(2)3)40-26-12-9-11-25(16-26)37(4,5)6/h8-13,16,22,24,27-28,31-32,40H,7,14-15,17-21H2,1-6H3,(H,41,45)(H,42,47)/t24-,27-,31+,32+,38-/m1/s1. The molecular formula is C38H50IN5O7S. The second-order valence-electron chi connectivity index (χ2n) is 16.1. The van der Waals surface area contributed by atoms with Crippen molar-refractivity contribution >= 4 is 62.1 Å². The molecule has 4 aliphatic rings. The number of sulfonamides is 1. The summed E-state index contributed by atoms with van der Waals surface area (Å²) in [4.78, 5) is 58.9. The highest BCUT2D eigenvalue weighted by molar-refractivity contribution is 14.1. The lowest BCUT2D eigenvalue weighted by atomic mass is 9.87. The van der Waals surface area contributed by atoms with E-state index in [1.807, 2.05) is 63.2 Å². The minimum atomic E-state index is -3.84. The maximum atomic E-state index is 14.5. The van der Waals surface area contributed by atoms with Gasteiger partial charge in [-0.2, -0.15) is 0 Å². The van der Waals surface area contributed by atoms with Crippen LogP contribution in [0.1, 0.15) is 90.3 Å². The number of hydrogen-bond acceptors (Lipinski definition) is 8. The highest BCUT2D eigenvalue weighted by atomic mass is 127. The molecule has 4 amide bonds. The summed E-state index contributed by atoms with van der Waals surface area (Å²) in [6.07, 6.45) is 0.537.